The highest BCUT2D eigenvalue weighted by molar-refractivity contribution is 6.03. The first-order valence-corrected chi connectivity index (χ1v) is 4.72. The summed E-state index contributed by atoms with van der Waals surface area (Å²) in [6, 6.07) is 0.400. The number of phenolic OH excluding ortho intramolecular Hbond substituents is 2. The van der Waals surface area contributed by atoms with Crippen molar-refractivity contribution in [1.29, 1.82) is 0 Å². The number of ketones is 1. The molecule has 0 atom stereocenters. The summed E-state index contributed by atoms with van der Waals surface area (Å²) in [5.41, 5.74) is -2.81. The second-order valence-electron chi connectivity index (χ2n) is 3.28. The molecule has 96 valence electrons. The molecule has 0 fully saturated rings. The maximum atomic E-state index is 11.4. The fraction of sp³-hybridized carbons (Fsp3) is 0.222. The van der Waals surface area contributed by atoms with Gasteiger partial charge in [0.05, 0.1) is 9.85 Å². The van der Waals surface area contributed by atoms with Gasteiger partial charge in [-0.25, -0.2) is 0 Å². The third-order valence-corrected chi connectivity index (χ3v) is 2.23. The number of nitro benzene ring substituents is 2. The van der Waals surface area contributed by atoms with Crippen LogP contribution in [-0.4, -0.2) is 25.8 Å². The summed E-state index contributed by atoms with van der Waals surface area (Å²) in [5.74, 6) is -2.98. The summed E-state index contributed by atoms with van der Waals surface area (Å²) in [6.07, 6.45) is -0.181. The first kappa shape index (κ1) is 13.4. The molecule has 0 amide bonds. The first-order valence-electron chi connectivity index (χ1n) is 4.72. The molecule has 0 saturated heterocycles. The highest BCUT2D eigenvalue weighted by Crippen LogP contribution is 2.43. The number of Topliss-reactive ketones (excluding diaryl/α,β-unsaturated/α-hetero) is 1. The van der Waals surface area contributed by atoms with Crippen LogP contribution in [0.4, 0.5) is 11.4 Å². The van der Waals surface area contributed by atoms with Crippen molar-refractivity contribution in [2.45, 2.75) is 13.3 Å². The van der Waals surface area contributed by atoms with Crippen LogP contribution in [0, 0.1) is 20.2 Å². The predicted molar refractivity (Wildman–Crippen MR) is 57.7 cm³/mol. The molecule has 0 aromatic heterocycles. The second-order valence-corrected chi connectivity index (χ2v) is 3.28. The van der Waals surface area contributed by atoms with E-state index in [-0.39, 0.29) is 6.42 Å². The van der Waals surface area contributed by atoms with Crippen LogP contribution in [0.2, 0.25) is 0 Å². The van der Waals surface area contributed by atoms with Gasteiger partial charge < -0.3 is 10.2 Å². The Bertz CT molecular complexity index is 514. The number of hydrogen-bond acceptors (Lipinski definition) is 7. The van der Waals surface area contributed by atoms with Crippen molar-refractivity contribution in [1.82, 2.24) is 0 Å². The lowest BCUT2D eigenvalue weighted by molar-refractivity contribution is -0.395. The molecule has 0 spiro atoms. The molecule has 0 radical (unpaired) electrons. The van der Waals surface area contributed by atoms with Crippen LogP contribution < -0.4 is 0 Å². The standard InChI is InChI=1S/C9H8N2O7/c1-2-6(12)7-8(13)4(10(15)16)3-5(9(7)14)11(17)18/h3,13-14H,2H2,1H3. The van der Waals surface area contributed by atoms with E-state index in [0.717, 1.165) is 0 Å². The van der Waals surface area contributed by atoms with Gasteiger partial charge in [-0.1, -0.05) is 6.92 Å². The number of carbonyl (C=O) groups is 1. The SMILES string of the molecule is CCC(=O)c1c(O)c([N+](=O)[O-])cc([N+](=O)[O-])c1O. The van der Waals surface area contributed by atoms with E-state index in [0.29, 0.717) is 6.07 Å². The van der Waals surface area contributed by atoms with E-state index in [1.165, 1.54) is 6.92 Å². The summed E-state index contributed by atoms with van der Waals surface area (Å²) in [7, 11) is 0. The third-order valence-electron chi connectivity index (χ3n) is 2.23. The predicted octanol–water partition coefficient (Wildman–Crippen LogP) is 1.51. The van der Waals surface area contributed by atoms with E-state index in [2.05, 4.69) is 0 Å². The van der Waals surface area contributed by atoms with Gasteiger partial charge in [-0.05, 0) is 0 Å². The lowest BCUT2D eigenvalue weighted by Crippen LogP contribution is -2.03. The number of rotatable bonds is 4. The highest BCUT2D eigenvalue weighted by atomic mass is 16.6. The second kappa shape index (κ2) is 4.65. The summed E-state index contributed by atoms with van der Waals surface area (Å²) in [5, 5.41) is 40.2. The molecule has 1 aromatic rings. The zero-order valence-corrected chi connectivity index (χ0v) is 9.11. The quantitative estimate of drug-likeness (QED) is 0.471. The van der Waals surface area contributed by atoms with Gasteiger partial charge in [0.2, 0.25) is 11.5 Å². The van der Waals surface area contributed by atoms with Crippen LogP contribution >= 0.6 is 0 Å². The molecule has 0 heterocycles. The lowest BCUT2D eigenvalue weighted by Gasteiger charge is -2.06. The van der Waals surface area contributed by atoms with Gasteiger partial charge in [0.15, 0.2) is 5.78 Å². The maximum Gasteiger partial charge on any atom is 0.318 e. The summed E-state index contributed by atoms with van der Waals surface area (Å²) in [6.45, 7) is 1.38. The average molecular weight is 256 g/mol. The Morgan fingerprint density at radius 2 is 1.56 bits per heavy atom. The van der Waals surface area contributed by atoms with Crippen LogP contribution in [0.25, 0.3) is 0 Å². The number of aromatic hydroxyl groups is 2. The Hall–Kier alpha value is -2.71. The maximum absolute atomic E-state index is 11.4. The van der Waals surface area contributed by atoms with Crippen molar-refractivity contribution in [2.24, 2.45) is 0 Å². The molecule has 9 nitrogen and oxygen atoms in total. The van der Waals surface area contributed by atoms with Gasteiger partial charge in [0, 0.05) is 6.42 Å². The number of benzene rings is 1. The molecule has 0 saturated carbocycles. The summed E-state index contributed by atoms with van der Waals surface area (Å²) >= 11 is 0. The number of nitrogens with zero attached hydrogens (tertiary/aromatic N) is 2. The van der Waals surface area contributed by atoms with Gasteiger partial charge in [0.1, 0.15) is 11.6 Å². The Labute approximate surface area is 99.6 Å². The van der Waals surface area contributed by atoms with E-state index >= 15 is 0 Å². The molecule has 0 unspecified atom stereocenters. The number of nitro groups is 2. The highest BCUT2D eigenvalue weighted by Gasteiger charge is 2.32. The van der Waals surface area contributed by atoms with Gasteiger partial charge in [-0.15, -0.1) is 0 Å². The van der Waals surface area contributed by atoms with Crippen molar-refractivity contribution in [3.63, 3.8) is 0 Å². The van der Waals surface area contributed by atoms with E-state index in [1.54, 1.807) is 0 Å². The molecule has 0 aliphatic rings. The van der Waals surface area contributed by atoms with Crippen LogP contribution in [0.15, 0.2) is 6.07 Å². The smallest absolute Gasteiger partial charge is 0.318 e. The average Bonchev–Trinajstić information content (AvgIpc) is 2.27. The number of carbonyl (C=O) groups excluding carboxylic acids is 1. The van der Waals surface area contributed by atoms with Gasteiger partial charge in [0.25, 0.3) is 0 Å². The van der Waals surface area contributed by atoms with Crippen LogP contribution in [0.5, 0.6) is 11.5 Å². The molecule has 0 aliphatic carbocycles. The van der Waals surface area contributed by atoms with Crippen molar-refractivity contribution < 1.29 is 24.9 Å². The Kier molecular flexibility index (Phi) is 3.45. The van der Waals surface area contributed by atoms with Gasteiger partial charge in [-0.2, -0.15) is 0 Å². The first-order chi connectivity index (χ1) is 8.31. The third kappa shape index (κ3) is 2.05. The number of hydrogen-bond donors (Lipinski definition) is 2. The molecule has 1 aromatic carbocycles. The molecular weight excluding hydrogens is 248 g/mol. The Balaban J connectivity index is 3.73. The fourth-order valence-electron chi connectivity index (χ4n) is 1.35. The minimum Gasteiger partial charge on any atom is -0.501 e. The van der Waals surface area contributed by atoms with Gasteiger partial charge >= 0.3 is 11.4 Å². The van der Waals surface area contributed by atoms with E-state index in [1.807, 2.05) is 0 Å². The molecule has 9 heteroatoms. The Morgan fingerprint density at radius 3 is 1.83 bits per heavy atom. The fourth-order valence-corrected chi connectivity index (χ4v) is 1.35. The summed E-state index contributed by atoms with van der Waals surface area (Å²) < 4.78 is 0. The van der Waals surface area contributed by atoms with Crippen molar-refractivity contribution in [2.75, 3.05) is 0 Å². The topological polar surface area (TPSA) is 144 Å². The molecular formula is C9H8N2O7. The van der Waals surface area contributed by atoms with Crippen molar-refractivity contribution in [3.05, 3.63) is 31.9 Å². The van der Waals surface area contributed by atoms with Crippen LogP contribution in [-0.2, 0) is 0 Å². The number of phenols is 2. The van der Waals surface area contributed by atoms with Crippen molar-refractivity contribution >= 4 is 17.2 Å². The minimum absolute atomic E-state index is 0.181. The zero-order chi connectivity index (χ0) is 14.0. The molecule has 18 heavy (non-hydrogen) atoms. The molecule has 1 rings (SSSR count). The normalized spacial score (nSPS) is 10.1. The van der Waals surface area contributed by atoms with E-state index in [4.69, 9.17) is 0 Å². The lowest BCUT2D eigenvalue weighted by atomic mass is 10.0. The molecule has 0 aliphatic heterocycles. The zero-order valence-electron chi connectivity index (χ0n) is 9.11. The molecule has 0 bridgehead atoms. The Morgan fingerprint density at radius 1 is 1.17 bits per heavy atom. The van der Waals surface area contributed by atoms with Gasteiger partial charge in [-0.3, -0.25) is 25.0 Å². The molecule has 2 N–H and O–H groups in total. The monoisotopic (exact) mass is 256 g/mol. The van der Waals surface area contributed by atoms with Crippen LogP contribution in [0.1, 0.15) is 23.7 Å². The summed E-state index contributed by atoms with van der Waals surface area (Å²) in [4.78, 5) is 30.5. The minimum atomic E-state index is -1.08. The van der Waals surface area contributed by atoms with Crippen molar-refractivity contribution in [3.8, 4) is 11.5 Å². The van der Waals surface area contributed by atoms with Crippen LogP contribution in [0.3, 0.4) is 0 Å². The van der Waals surface area contributed by atoms with E-state index < -0.39 is 44.1 Å². The largest absolute Gasteiger partial charge is 0.501 e. The van der Waals surface area contributed by atoms with E-state index in [9.17, 15) is 35.2 Å².